The molecule has 1 unspecified atom stereocenters. The lowest BCUT2D eigenvalue weighted by Gasteiger charge is -2.18. The number of amides is 1. The van der Waals surface area contributed by atoms with Gasteiger partial charge in [0, 0.05) is 4.90 Å². The number of benzene rings is 2. The standard InChI is InChI=1S/C19H23NOS/c1-5-22-18-9-7-6-8-16(18)19(21)20-15(4)17-12-13(2)10-11-14(17)3/h6-12,15H,5H2,1-4H3,(H,20,21). The van der Waals surface area contributed by atoms with Crippen LogP contribution in [0.4, 0.5) is 0 Å². The summed E-state index contributed by atoms with van der Waals surface area (Å²) in [5.74, 6) is 0.946. The number of thioether (sulfide) groups is 1. The largest absolute Gasteiger partial charge is 0.345 e. The van der Waals surface area contributed by atoms with Crippen LogP contribution < -0.4 is 5.32 Å². The fraction of sp³-hybridized carbons (Fsp3) is 0.316. The van der Waals surface area contributed by atoms with Crippen LogP contribution in [-0.2, 0) is 0 Å². The van der Waals surface area contributed by atoms with Crippen molar-refractivity contribution in [3.8, 4) is 0 Å². The van der Waals surface area contributed by atoms with Crippen molar-refractivity contribution in [1.82, 2.24) is 5.32 Å². The van der Waals surface area contributed by atoms with Crippen LogP contribution in [0.1, 0.15) is 46.9 Å². The molecule has 0 heterocycles. The molecule has 0 saturated heterocycles. The summed E-state index contributed by atoms with van der Waals surface area (Å²) >= 11 is 1.70. The summed E-state index contributed by atoms with van der Waals surface area (Å²) in [6.45, 7) is 8.29. The SMILES string of the molecule is CCSc1ccccc1C(=O)NC(C)c1cc(C)ccc1C. The molecular weight excluding hydrogens is 290 g/mol. The first-order valence-corrected chi connectivity index (χ1v) is 8.61. The zero-order valence-electron chi connectivity index (χ0n) is 13.6. The third kappa shape index (κ3) is 3.92. The van der Waals surface area contributed by atoms with Gasteiger partial charge in [-0.2, -0.15) is 0 Å². The first-order valence-electron chi connectivity index (χ1n) is 7.62. The van der Waals surface area contributed by atoms with E-state index in [-0.39, 0.29) is 11.9 Å². The minimum atomic E-state index is -0.00930. The van der Waals surface area contributed by atoms with Gasteiger partial charge in [0.2, 0.25) is 0 Å². The van der Waals surface area contributed by atoms with E-state index >= 15 is 0 Å². The summed E-state index contributed by atoms with van der Waals surface area (Å²) in [5, 5.41) is 3.13. The minimum Gasteiger partial charge on any atom is -0.345 e. The Morgan fingerprint density at radius 1 is 1.18 bits per heavy atom. The molecule has 3 heteroatoms. The Hall–Kier alpha value is -1.74. The van der Waals surface area contributed by atoms with Crippen LogP contribution in [0.3, 0.4) is 0 Å². The van der Waals surface area contributed by atoms with Gasteiger partial charge in [0.15, 0.2) is 0 Å². The lowest BCUT2D eigenvalue weighted by molar-refractivity contribution is 0.0937. The van der Waals surface area contributed by atoms with Crippen LogP contribution in [0.5, 0.6) is 0 Å². The molecule has 0 fully saturated rings. The van der Waals surface area contributed by atoms with Gasteiger partial charge >= 0.3 is 0 Å². The Morgan fingerprint density at radius 2 is 1.91 bits per heavy atom. The zero-order valence-corrected chi connectivity index (χ0v) is 14.5. The number of rotatable bonds is 5. The number of carbonyl (C=O) groups excluding carboxylic acids is 1. The molecule has 1 atom stereocenters. The van der Waals surface area contributed by atoms with Crippen molar-refractivity contribution >= 4 is 17.7 Å². The van der Waals surface area contributed by atoms with E-state index < -0.39 is 0 Å². The van der Waals surface area contributed by atoms with E-state index in [0.29, 0.717) is 0 Å². The van der Waals surface area contributed by atoms with Gasteiger partial charge in [-0.1, -0.05) is 42.8 Å². The Balaban J connectivity index is 2.20. The Kier molecular flexibility index (Phi) is 5.67. The van der Waals surface area contributed by atoms with E-state index in [4.69, 9.17) is 0 Å². The molecule has 2 aromatic rings. The summed E-state index contributed by atoms with van der Waals surface area (Å²) in [4.78, 5) is 13.6. The molecule has 2 aromatic carbocycles. The van der Waals surface area contributed by atoms with Gasteiger partial charge in [-0.25, -0.2) is 0 Å². The van der Waals surface area contributed by atoms with Crippen molar-refractivity contribution in [2.45, 2.75) is 38.6 Å². The van der Waals surface area contributed by atoms with Gasteiger partial charge in [0.05, 0.1) is 11.6 Å². The quantitative estimate of drug-likeness (QED) is 0.795. The van der Waals surface area contributed by atoms with E-state index in [1.807, 2.05) is 31.2 Å². The maximum absolute atomic E-state index is 12.6. The second-order valence-electron chi connectivity index (χ2n) is 5.48. The third-order valence-electron chi connectivity index (χ3n) is 3.68. The zero-order chi connectivity index (χ0) is 16.1. The lowest BCUT2D eigenvalue weighted by atomic mass is 10.00. The molecule has 116 valence electrons. The molecule has 0 aliphatic carbocycles. The molecule has 2 nitrogen and oxygen atoms in total. The third-order valence-corrected chi connectivity index (χ3v) is 4.64. The minimum absolute atomic E-state index is 0.00733. The fourth-order valence-corrected chi connectivity index (χ4v) is 3.32. The second kappa shape index (κ2) is 7.50. The van der Waals surface area contributed by atoms with E-state index in [1.165, 1.54) is 16.7 Å². The van der Waals surface area contributed by atoms with Gasteiger partial charge in [-0.05, 0) is 49.8 Å². The highest BCUT2D eigenvalue weighted by Crippen LogP contribution is 2.24. The van der Waals surface area contributed by atoms with E-state index in [1.54, 1.807) is 11.8 Å². The van der Waals surface area contributed by atoms with E-state index in [0.717, 1.165) is 16.2 Å². The summed E-state index contributed by atoms with van der Waals surface area (Å²) in [5.41, 5.74) is 4.35. The average molecular weight is 313 g/mol. The normalized spacial score (nSPS) is 12.0. The van der Waals surface area contributed by atoms with Gasteiger partial charge in [0.1, 0.15) is 0 Å². The molecule has 22 heavy (non-hydrogen) atoms. The molecule has 1 N–H and O–H groups in total. The van der Waals surface area contributed by atoms with Crippen LogP contribution >= 0.6 is 11.8 Å². The van der Waals surface area contributed by atoms with Crippen LogP contribution in [0.25, 0.3) is 0 Å². The molecule has 0 radical (unpaired) electrons. The van der Waals surface area contributed by atoms with Crippen LogP contribution in [0, 0.1) is 13.8 Å². The molecule has 0 aliphatic heterocycles. The molecule has 1 amide bonds. The molecule has 2 rings (SSSR count). The highest BCUT2D eigenvalue weighted by atomic mass is 32.2. The number of nitrogens with one attached hydrogen (secondary N) is 1. The second-order valence-corrected chi connectivity index (χ2v) is 6.79. The highest BCUT2D eigenvalue weighted by Gasteiger charge is 2.15. The summed E-state index contributed by atoms with van der Waals surface area (Å²) < 4.78 is 0. The topological polar surface area (TPSA) is 29.1 Å². The van der Waals surface area contributed by atoms with Crippen LogP contribution in [-0.4, -0.2) is 11.7 Å². The van der Waals surface area contributed by atoms with Crippen LogP contribution in [0.2, 0.25) is 0 Å². The predicted molar refractivity (Wildman–Crippen MR) is 94.6 cm³/mol. The van der Waals surface area contributed by atoms with E-state index in [9.17, 15) is 4.79 Å². The maximum atomic E-state index is 12.6. The molecular formula is C19H23NOS. The van der Waals surface area contributed by atoms with Crippen molar-refractivity contribution < 1.29 is 4.79 Å². The van der Waals surface area contributed by atoms with Gasteiger partial charge < -0.3 is 5.32 Å². The smallest absolute Gasteiger partial charge is 0.252 e. The fourth-order valence-electron chi connectivity index (χ4n) is 2.51. The van der Waals surface area contributed by atoms with Crippen molar-refractivity contribution in [2.24, 2.45) is 0 Å². The summed E-state index contributed by atoms with van der Waals surface area (Å²) in [6.07, 6.45) is 0. The molecule has 0 aromatic heterocycles. The highest BCUT2D eigenvalue weighted by molar-refractivity contribution is 7.99. The van der Waals surface area contributed by atoms with Crippen molar-refractivity contribution in [1.29, 1.82) is 0 Å². The molecule has 0 aliphatic rings. The Bertz CT molecular complexity index is 666. The van der Waals surface area contributed by atoms with Crippen LogP contribution in [0.15, 0.2) is 47.4 Å². The summed E-state index contributed by atoms with van der Waals surface area (Å²) in [6, 6.07) is 14.1. The van der Waals surface area contributed by atoms with Gasteiger partial charge in [-0.15, -0.1) is 11.8 Å². The van der Waals surface area contributed by atoms with Gasteiger partial charge in [0.25, 0.3) is 5.91 Å². The average Bonchev–Trinajstić information content (AvgIpc) is 2.50. The predicted octanol–water partition coefficient (Wildman–Crippen LogP) is 4.91. The molecule has 0 bridgehead atoms. The first-order chi connectivity index (χ1) is 10.5. The molecule has 0 saturated carbocycles. The number of hydrogen-bond acceptors (Lipinski definition) is 2. The van der Waals surface area contributed by atoms with Crippen molar-refractivity contribution in [2.75, 3.05) is 5.75 Å². The number of hydrogen-bond donors (Lipinski definition) is 1. The van der Waals surface area contributed by atoms with E-state index in [2.05, 4.69) is 44.3 Å². The maximum Gasteiger partial charge on any atom is 0.252 e. The van der Waals surface area contributed by atoms with Crippen molar-refractivity contribution in [3.63, 3.8) is 0 Å². The Morgan fingerprint density at radius 3 is 2.64 bits per heavy atom. The first kappa shape index (κ1) is 16.6. The Labute approximate surface area is 137 Å². The van der Waals surface area contributed by atoms with Gasteiger partial charge in [-0.3, -0.25) is 4.79 Å². The number of aryl methyl sites for hydroxylation is 2. The monoisotopic (exact) mass is 313 g/mol. The number of carbonyl (C=O) groups is 1. The lowest BCUT2D eigenvalue weighted by Crippen LogP contribution is -2.27. The molecule has 0 spiro atoms. The van der Waals surface area contributed by atoms with Crippen molar-refractivity contribution in [3.05, 3.63) is 64.7 Å². The summed E-state index contributed by atoms with van der Waals surface area (Å²) in [7, 11) is 0.